The quantitative estimate of drug-likeness (QED) is 0.742. The zero-order valence-electron chi connectivity index (χ0n) is 11.0. The molecular formula is C14H23NO2. The van der Waals surface area contributed by atoms with Gasteiger partial charge in [-0.1, -0.05) is 26.0 Å². The van der Waals surface area contributed by atoms with E-state index in [4.69, 9.17) is 15.2 Å². The van der Waals surface area contributed by atoms with Crippen molar-refractivity contribution in [2.24, 2.45) is 11.1 Å². The van der Waals surface area contributed by atoms with Crippen LogP contribution in [0, 0.1) is 5.41 Å². The van der Waals surface area contributed by atoms with Crippen LogP contribution in [0.5, 0.6) is 11.5 Å². The molecule has 0 bridgehead atoms. The van der Waals surface area contributed by atoms with Gasteiger partial charge in [-0.15, -0.1) is 0 Å². The molecule has 0 saturated heterocycles. The van der Waals surface area contributed by atoms with Gasteiger partial charge in [0.05, 0.1) is 13.7 Å². The number of hydrogen-bond donors (Lipinski definition) is 1. The van der Waals surface area contributed by atoms with Crippen LogP contribution in [0.4, 0.5) is 0 Å². The molecule has 1 rings (SSSR count). The number of methoxy groups -OCH3 is 1. The van der Waals surface area contributed by atoms with Gasteiger partial charge in [-0.05, 0) is 36.9 Å². The largest absolute Gasteiger partial charge is 0.493 e. The minimum Gasteiger partial charge on any atom is -0.493 e. The maximum Gasteiger partial charge on any atom is 0.161 e. The van der Waals surface area contributed by atoms with Crippen molar-refractivity contribution in [1.29, 1.82) is 0 Å². The number of rotatable bonds is 7. The van der Waals surface area contributed by atoms with E-state index >= 15 is 0 Å². The van der Waals surface area contributed by atoms with Gasteiger partial charge in [-0.3, -0.25) is 0 Å². The first-order valence-electron chi connectivity index (χ1n) is 6.05. The van der Waals surface area contributed by atoms with Crippen LogP contribution in [-0.4, -0.2) is 20.3 Å². The average molecular weight is 237 g/mol. The number of benzene rings is 1. The lowest BCUT2D eigenvalue weighted by atomic mass is 9.88. The molecule has 0 unspecified atom stereocenters. The highest BCUT2D eigenvalue weighted by atomic mass is 16.5. The van der Waals surface area contributed by atoms with Crippen molar-refractivity contribution in [3.05, 3.63) is 24.3 Å². The maximum atomic E-state index is 5.70. The molecule has 1 aromatic rings. The van der Waals surface area contributed by atoms with Crippen LogP contribution in [0.1, 0.15) is 26.7 Å². The van der Waals surface area contributed by atoms with E-state index in [0.717, 1.165) is 24.3 Å². The van der Waals surface area contributed by atoms with E-state index in [0.29, 0.717) is 13.2 Å². The topological polar surface area (TPSA) is 44.5 Å². The van der Waals surface area contributed by atoms with E-state index in [1.165, 1.54) is 0 Å². The standard InChI is InChI=1S/C14H23NO2/c1-14(2,11-15)9-6-10-17-13-8-5-4-7-12(13)16-3/h4-5,7-8H,6,9-11,15H2,1-3H3. The first-order valence-corrected chi connectivity index (χ1v) is 6.05. The van der Waals surface area contributed by atoms with Gasteiger partial charge in [-0.25, -0.2) is 0 Å². The Morgan fingerprint density at radius 2 is 1.82 bits per heavy atom. The summed E-state index contributed by atoms with van der Waals surface area (Å²) < 4.78 is 10.9. The molecule has 0 aliphatic rings. The number of ether oxygens (including phenoxy) is 2. The summed E-state index contributed by atoms with van der Waals surface area (Å²) in [6.07, 6.45) is 2.07. The molecule has 0 saturated carbocycles. The Balaban J connectivity index is 2.36. The lowest BCUT2D eigenvalue weighted by molar-refractivity contribution is 0.252. The highest BCUT2D eigenvalue weighted by Crippen LogP contribution is 2.26. The van der Waals surface area contributed by atoms with Gasteiger partial charge in [0.25, 0.3) is 0 Å². The molecule has 0 aromatic heterocycles. The summed E-state index contributed by atoms with van der Waals surface area (Å²) >= 11 is 0. The monoisotopic (exact) mass is 237 g/mol. The third kappa shape index (κ3) is 4.65. The van der Waals surface area contributed by atoms with Crippen LogP contribution in [0.3, 0.4) is 0 Å². The zero-order valence-corrected chi connectivity index (χ0v) is 11.0. The molecule has 0 heterocycles. The van der Waals surface area contributed by atoms with Gasteiger partial charge in [-0.2, -0.15) is 0 Å². The third-order valence-corrected chi connectivity index (χ3v) is 2.88. The Hall–Kier alpha value is -1.22. The first-order chi connectivity index (χ1) is 8.09. The molecule has 0 radical (unpaired) electrons. The summed E-state index contributed by atoms with van der Waals surface area (Å²) in [7, 11) is 1.65. The molecule has 0 aliphatic heterocycles. The fourth-order valence-electron chi connectivity index (χ4n) is 1.57. The van der Waals surface area contributed by atoms with Gasteiger partial charge < -0.3 is 15.2 Å². The average Bonchev–Trinajstić information content (AvgIpc) is 2.35. The van der Waals surface area contributed by atoms with Gasteiger partial charge in [0, 0.05) is 0 Å². The second kappa shape index (κ2) is 6.50. The fourth-order valence-corrected chi connectivity index (χ4v) is 1.57. The highest BCUT2D eigenvalue weighted by Gasteiger charge is 2.14. The Morgan fingerprint density at radius 1 is 1.18 bits per heavy atom. The summed E-state index contributed by atoms with van der Waals surface area (Å²) in [5.74, 6) is 1.59. The number of para-hydroxylation sites is 2. The second-order valence-corrected chi connectivity index (χ2v) is 4.97. The molecule has 3 nitrogen and oxygen atoms in total. The van der Waals surface area contributed by atoms with Gasteiger partial charge in [0.2, 0.25) is 0 Å². The minimum absolute atomic E-state index is 0.199. The lowest BCUT2D eigenvalue weighted by Gasteiger charge is -2.22. The Labute approximate surface area is 104 Å². The zero-order chi connectivity index (χ0) is 12.7. The van der Waals surface area contributed by atoms with Gasteiger partial charge in [0.1, 0.15) is 0 Å². The van der Waals surface area contributed by atoms with E-state index < -0.39 is 0 Å². The highest BCUT2D eigenvalue weighted by molar-refractivity contribution is 5.39. The SMILES string of the molecule is COc1ccccc1OCCCC(C)(C)CN. The van der Waals surface area contributed by atoms with Crippen LogP contribution < -0.4 is 15.2 Å². The molecule has 17 heavy (non-hydrogen) atoms. The molecule has 2 N–H and O–H groups in total. The molecule has 0 fully saturated rings. The fraction of sp³-hybridized carbons (Fsp3) is 0.571. The molecule has 0 amide bonds. The summed E-state index contributed by atoms with van der Waals surface area (Å²) in [6.45, 7) is 5.76. The van der Waals surface area contributed by atoms with Gasteiger partial charge in [0.15, 0.2) is 11.5 Å². The van der Waals surface area contributed by atoms with Crippen molar-refractivity contribution in [2.45, 2.75) is 26.7 Å². The van der Waals surface area contributed by atoms with E-state index in [1.807, 2.05) is 24.3 Å². The minimum atomic E-state index is 0.199. The van der Waals surface area contributed by atoms with Crippen LogP contribution in [0.25, 0.3) is 0 Å². The van der Waals surface area contributed by atoms with Crippen molar-refractivity contribution in [1.82, 2.24) is 0 Å². The van der Waals surface area contributed by atoms with Crippen molar-refractivity contribution in [3.63, 3.8) is 0 Å². The maximum absolute atomic E-state index is 5.70. The smallest absolute Gasteiger partial charge is 0.161 e. The van der Waals surface area contributed by atoms with Crippen LogP contribution in [0.2, 0.25) is 0 Å². The summed E-state index contributed by atoms with van der Waals surface area (Å²) in [4.78, 5) is 0. The van der Waals surface area contributed by atoms with Crippen LogP contribution in [-0.2, 0) is 0 Å². The van der Waals surface area contributed by atoms with E-state index in [2.05, 4.69) is 13.8 Å². The second-order valence-electron chi connectivity index (χ2n) is 4.97. The lowest BCUT2D eigenvalue weighted by Crippen LogP contribution is -2.23. The summed E-state index contributed by atoms with van der Waals surface area (Å²) in [5.41, 5.74) is 5.88. The van der Waals surface area contributed by atoms with Gasteiger partial charge >= 0.3 is 0 Å². The number of nitrogens with two attached hydrogens (primary N) is 1. The van der Waals surface area contributed by atoms with Crippen molar-refractivity contribution >= 4 is 0 Å². The molecule has 1 aromatic carbocycles. The van der Waals surface area contributed by atoms with Crippen molar-refractivity contribution < 1.29 is 9.47 Å². The molecule has 3 heteroatoms. The van der Waals surface area contributed by atoms with E-state index in [-0.39, 0.29) is 5.41 Å². The molecule has 0 atom stereocenters. The predicted molar refractivity (Wildman–Crippen MR) is 70.6 cm³/mol. The molecule has 0 aliphatic carbocycles. The predicted octanol–water partition coefficient (Wildman–Crippen LogP) is 2.84. The first kappa shape index (κ1) is 13.8. The third-order valence-electron chi connectivity index (χ3n) is 2.88. The molecular weight excluding hydrogens is 214 g/mol. The summed E-state index contributed by atoms with van der Waals surface area (Å²) in [5, 5.41) is 0. The van der Waals surface area contributed by atoms with Crippen LogP contribution >= 0.6 is 0 Å². The van der Waals surface area contributed by atoms with Crippen LogP contribution in [0.15, 0.2) is 24.3 Å². The van der Waals surface area contributed by atoms with E-state index in [1.54, 1.807) is 7.11 Å². The number of hydrogen-bond acceptors (Lipinski definition) is 3. The summed E-state index contributed by atoms with van der Waals surface area (Å²) in [6, 6.07) is 7.71. The van der Waals surface area contributed by atoms with E-state index in [9.17, 15) is 0 Å². The Morgan fingerprint density at radius 3 is 2.41 bits per heavy atom. The molecule has 96 valence electrons. The normalized spacial score (nSPS) is 11.3. The van der Waals surface area contributed by atoms with Crippen molar-refractivity contribution in [2.75, 3.05) is 20.3 Å². The molecule has 0 spiro atoms. The Bertz CT molecular complexity index is 337. The van der Waals surface area contributed by atoms with Crippen molar-refractivity contribution in [3.8, 4) is 11.5 Å². The Kier molecular flexibility index (Phi) is 5.29.